The normalized spacial score (nSPS) is 10.4. The molecule has 2 aromatic rings. The van der Waals surface area contributed by atoms with E-state index in [2.05, 4.69) is 0 Å². The van der Waals surface area contributed by atoms with Crippen LogP contribution in [-0.2, 0) is 0 Å². The quantitative estimate of drug-likeness (QED) is 0.689. The molecule has 4 heteroatoms. The molecular weight excluding hydrogens is 257 g/mol. The van der Waals surface area contributed by atoms with Gasteiger partial charge in [-0.25, -0.2) is 4.39 Å². The maximum Gasteiger partial charge on any atom is 0.193 e. The van der Waals surface area contributed by atoms with Crippen LogP contribution in [0.15, 0.2) is 30.3 Å². The summed E-state index contributed by atoms with van der Waals surface area (Å²) in [7, 11) is 1.49. The second kappa shape index (κ2) is 5.33. The number of ether oxygens (including phenoxy) is 1. The maximum absolute atomic E-state index is 13.6. The molecule has 3 nitrogen and oxygen atoms in total. The van der Waals surface area contributed by atoms with Gasteiger partial charge < -0.3 is 10.5 Å². The number of ketones is 1. The van der Waals surface area contributed by atoms with Crippen LogP contribution in [0.2, 0.25) is 0 Å². The zero-order valence-electron chi connectivity index (χ0n) is 11.7. The van der Waals surface area contributed by atoms with Gasteiger partial charge in [0.2, 0.25) is 0 Å². The molecule has 2 rings (SSSR count). The third kappa shape index (κ3) is 2.50. The first-order valence-corrected chi connectivity index (χ1v) is 6.19. The predicted octanol–water partition coefficient (Wildman–Crippen LogP) is 3.26. The van der Waals surface area contributed by atoms with Gasteiger partial charge >= 0.3 is 0 Å². The predicted molar refractivity (Wildman–Crippen MR) is 76.7 cm³/mol. The second-order valence-corrected chi connectivity index (χ2v) is 4.71. The highest BCUT2D eigenvalue weighted by molar-refractivity contribution is 6.09. The first-order valence-electron chi connectivity index (χ1n) is 6.19. The zero-order chi connectivity index (χ0) is 14.9. The lowest BCUT2D eigenvalue weighted by Crippen LogP contribution is -2.05. The van der Waals surface area contributed by atoms with Gasteiger partial charge in [0.1, 0.15) is 11.6 Å². The number of rotatable bonds is 3. The summed E-state index contributed by atoms with van der Waals surface area (Å²) in [4.78, 5) is 12.4. The molecule has 0 bridgehead atoms. The van der Waals surface area contributed by atoms with Gasteiger partial charge in [-0.2, -0.15) is 0 Å². The maximum atomic E-state index is 13.6. The molecule has 0 aliphatic heterocycles. The van der Waals surface area contributed by atoms with E-state index in [0.717, 1.165) is 0 Å². The minimum atomic E-state index is -0.281. The average Bonchev–Trinajstić information content (AvgIpc) is 2.44. The van der Waals surface area contributed by atoms with E-state index < -0.39 is 0 Å². The molecule has 0 heterocycles. The number of methoxy groups -OCH3 is 1. The minimum absolute atomic E-state index is 0.186. The van der Waals surface area contributed by atoms with Crippen LogP contribution in [0.1, 0.15) is 27.0 Å². The van der Waals surface area contributed by atoms with Crippen LogP contribution < -0.4 is 10.5 Å². The number of nitrogen functional groups attached to an aromatic ring is 1. The molecule has 2 aromatic carbocycles. The number of halogens is 1. The molecule has 2 N–H and O–H groups in total. The largest absolute Gasteiger partial charge is 0.495 e. The molecule has 0 aliphatic rings. The highest BCUT2D eigenvalue weighted by Crippen LogP contribution is 2.24. The number of hydrogen-bond donors (Lipinski definition) is 1. The summed E-state index contributed by atoms with van der Waals surface area (Å²) in [5.74, 6) is -0.0163. The van der Waals surface area contributed by atoms with E-state index in [1.807, 2.05) is 0 Å². The van der Waals surface area contributed by atoms with Crippen molar-refractivity contribution in [3.63, 3.8) is 0 Å². The van der Waals surface area contributed by atoms with Crippen LogP contribution >= 0.6 is 0 Å². The molecule has 0 atom stereocenters. The van der Waals surface area contributed by atoms with Crippen molar-refractivity contribution in [3.8, 4) is 5.75 Å². The third-order valence-corrected chi connectivity index (χ3v) is 3.19. The van der Waals surface area contributed by atoms with Crippen molar-refractivity contribution in [2.45, 2.75) is 13.8 Å². The highest BCUT2D eigenvalue weighted by atomic mass is 19.1. The summed E-state index contributed by atoms with van der Waals surface area (Å²) >= 11 is 0. The highest BCUT2D eigenvalue weighted by Gasteiger charge is 2.14. The van der Waals surface area contributed by atoms with Crippen molar-refractivity contribution in [1.29, 1.82) is 0 Å². The fourth-order valence-electron chi connectivity index (χ4n) is 2.10. The van der Waals surface area contributed by atoms with E-state index in [-0.39, 0.29) is 11.6 Å². The number of nitrogens with two attached hydrogens (primary N) is 1. The van der Waals surface area contributed by atoms with E-state index in [1.165, 1.54) is 7.11 Å². The molecule has 0 saturated carbocycles. The number of aryl methyl sites for hydroxylation is 2. The van der Waals surface area contributed by atoms with Gasteiger partial charge in [0.25, 0.3) is 0 Å². The molecule has 0 aliphatic carbocycles. The Kier molecular flexibility index (Phi) is 3.74. The first kappa shape index (κ1) is 14.1. The second-order valence-electron chi connectivity index (χ2n) is 4.71. The SMILES string of the molecule is COc1cc(C(=O)c2cc(C)c(F)c(C)c2)ccc1N. The van der Waals surface area contributed by atoms with Crippen LogP contribution in [0.5, 0.6) is 5.75 Å². The number of benzene rings is 2. The monoisotopic (exact) mass is 273 g/mol. The van der Waals surface area contributed by atoms with Crippen LogP contribution in [0.25, 0.3) is 0 Å². The standard InChI is InChI=1S/C16H16FNO2/c1-9-6-12(7-10(2)15(9)17)16(19)11-4-5-13(18)14(8-11)20-3/h4-8H,18H2,1-3H3. The fraction of sp³-hybridized carbons (Fsp3) is 0.188. The molecule has 0 spiro atoms. The smallest absolute Gasteiger partial charge is 0.193 e. The molecule has 104 valence electrons. The topological polar surface area (TPSA) is 52.3 Å². The van der Waals surface area contributed by atoms with E-state index in [4.69, 9.17) is 10.5 Å². The molecule has 0 fully saturated rings. The molecule has 0 unspecified atom stereocenters. The summed E-state index contributed by atoms with van der Waals surface area (Å²) in [5.41, 5.74) is 8.01. The minimum Gasteiger partial charge on any atom is -0.495 e. The summed E-state index contributed by atoms with van der Waals surface area (Å²) in [5, 5.41) is 0. The Morgan fingerprint density at radius 1 is 1.10 bits per heavy atom. The van der Waals surface area contributed by atoms with Crippen molar-refractivity contribution in [3.05, 3.63) is 58.4 Å². The van der Waals surface area contributed by atoms with Gasteiger partial charge in [-0.1, -0.05) is 0 Å². The Bertz CT molecular complexity index is 657. The van der Waals surface area contributed by atoms with Crippen LogP contribution in [0, 0.1) is 19.7 Å². The third-order valence-electron chi connectivity index (χ3n) is 3.19. The zero-order valence-corrected chi connectivity index (χ0v) is 11.7. The van der Waals surface area contributed by atoms with Gasteiger partial charge in [0.05, 0.1) is 12.8 Å². The van der Waals surface area contributed by atoms with Crippen molar-refractivity contribution in [1.82, 2.24) is 0 Å². The Balaban J connectivity index is 2.46. The summed E-state index contributed by atoms with van der Waals surface area (Å²) < 4.78 is 18.7. The Morgan fingerprint density at radius 2 is 1.70 bits per heavy atom. The number of hydrogen-bond acceptors (Lipinski definition) is 3. The Morgan fingerprint density at radius 3 is 2.25 bits per heavy atom. The summed E-state index contributed by atoms with van der Waals surface area (Å²) in [6.07, 6.45) is 0. The molecule has 0 saturated heterocycles. The van der Waals surface area contributed by atoms with Crippen LogP contribution in [0.4, 0.5) is 10.1 Å². The van der Waals surface area contributed by atoms with Gasteiger partial charge in [-0.05, 0) is 55.3 Å². The lowest BCUT2D eigenvalue weighted by atomic mass is 9.98. The fourth-order valence-corrected chi connectivity index (χ4v) is 2.10. The molecule has 20 heavy (non-hydrogen) atoms. The van der Waals surface area contributed by atoms with Gasteiger partial charge in [-0.15, -0.1) is 0 Å². The molecule has 0 aromatic heterocycles. The lowest BCUT2D eigenvalue weighted by molar-refractivity contribution is 0.103. The van der Waals surface area contributed by atoms with Crippen molar-refractivity contribution >= 4 is 11.5 Å². The van der Waals surface area contributed by atoms with Crippen molar-refractivity contribution < 1.29 is 13.9 Å². The number of anilines is 1. The van der Waals surface area contributed by atoms with Gasteiger partial charge in [0.15, 0.2) is 5.78 Å². The Hall–Kier alpha value is -2.36. The van der Waals surface area contributed by atoms with Gasteiger partial charge in [-0.3, -0.25) is 4.79 Å². The Labute approximate surface area is 117 Å². The van der Waals surface area contributed by atoms with Crippen molar-refractivity contribution in [2.24, 2.45) is 0 Å². The van der Waals surface area contributed by atoms with Crippen LogP contribution in [0.3, 0.4) is 0 Å². The number of carbonyl (C=O) groups is 1. The van der Waals surface area contributed by atoms with Crippen LogP contribution in [-0.4, -0.2) is 12.9 Å². The first-order chi connectivity index (χ1) is 9.43. The van der Waals surface area contributed by atoms with E-state index in [1.54, 1.807) is 44.2 Å². The molecular formula is C16H16FNO2. The molecule has 0 radical (unpaired) electrons. The van der Waals surface area contributed by atoms with E-state index in [9.17, 15) is 9.18 Å². The average molecular weight is 273 g/mol. The summed E-state index contributed by atoms with van der Waals surface area (Å²) in [6, 6.07) is 7.94. The van der Waals surface area contributed by atoms with Gasteiger partial charge in [0, 0.05) is 11.1 Å². The lowest BCUT2D eigenvalue weighted by Gasteiger charge is -2.09. The van der Waals surface area contributed by atoms with E-state index >= 15 is 0 Å². The number of carbonyl (C=O) groups excluding carboxylic acids is 1. The summed E-state index contributed by atoms with van der Waals surface area (Å²) in [6.45, 7) is 3.28. The molecule has 0 amide bonds. The van der Waals surface area contributed by atoms with Crippen molar-refractivity contribution in [2.75, 3.05) is 12.8 Å². The van der Waals surface area contributed by atoms with E-state index in [0.29, 0.717) is 33.7 Å².